The van der Waals surface area contributed by atoms with Crippen molar-refractivity contribution < 1.29 is 22.8 Å². The summed E-state index contributed by atoms with van der Waals surface area (Å²) in [7, 11) is 1.52. The zero-order valence-corrected chi connectivity index (χ0v) is 14.1. The average molecular weight is 362 g/mol. The van der Waals surface area contributed by atoms with Gasteiger partial charge in [0.25, 0.3) is 5.91 Å². The average Bonchev–Trinajstić information content (AvgIpc) is 2.60. The molecule has 0 aliphatic rings. The van der Waals surface area contributed by atoms with Crippen molar-refractivity contribution in [1.29, 1.82) is 0 Å². The number of benzene rings is 2. The first kappa shape index (κ1) is 19.2. The minimum absolute atomic E-state index is 0.240. The van der Waals surface area contributed by atoms with Gasteiger partial charge in [0, 0.05) is 24.4 Å². The Balaban J connectivity index is 2.09. The Morgan fingerprint density at radius 2 is 1.81 bits per heavy atom. The number of alkyl halides is 3. The molecule has 0 unspecified atom stereocenters. The fraction of sp³-hybridized carbons (Fsp3) is 0.158. The molecule has 0 aliphatic carbocycles. The fourth-order valence-electron chi connectivity index (χ4n) is 2.25. The number of nitrogens with one attached hydrogen (secondary N) is 2. The van der Waals surface area contributed by atoms with Crippen LogP contribution in [0.4, 0.5) is 18.9 Å². The van der Waals surface area contributed by atoms with Gasteiger partial charge >= 0.3 is 6.18 Å². The normalized spacial score (nSPS) is 11.4. The Bertz CT molecular complexity index is 858. The number of rotatable bonds is 4. The molecule has 136 valence electrons. The molecule has 4 nitrogen and oxygen atoms in total. The zero-order valence-electron chi connectivity index (χ0n) is 14.1. The highest BCUT2D eigenvalue weighted by molar-refractivity contribution is 6.03. The maximum absolute atomic E-state index is 12.7. The predicted molar refractivity (Wildman–Crippen MR) is 93.7 cm³/mol. The van der Waals surface area contributed by atoms with Gasteiger partial charge in [0.2, 0.25) is 5.91 Å². The number of halogens is 3. The summed E-state index contributed by atoms with van der Waals surface area (Å²) in [6.45, 7) is 1.73. The molecule has 2 N–H and O–H groups in total. The summed E-state index contributed by atoms with van der Waals surface area (Å²) in [4.78, 5) is 23.6. The minimum atomic E-state index is -4.43. The lowest BCUT2D eigenvalue weighted by molar-refractivity contribution is -0.137. The lowest BCUT2D eigenvalue weighted by Gasteiger charge is -2.09. The summed E-state index contributed by atoms with van der Waals surface area (Å²) in [5.41, 5.74) is 1.15. The molecule has 0 atom stereocenters. The molecule has 0 spiro atoms. The maximum Gasteiger partial charge on any atom is 0.416 e. The molecule has 26 heavy (non-hydrogen) atoms. The number of anilines is 1. The second-order valence-electron chi connectivity index (χ2n) is 5.55. The molecule has 7 heteroatoms. The van der Waals surface area contributed by atoms with Gasteiger partial charge in [0.05, 0.1) is 5.56 Å². The van der Waals surface area contributed by atoms with Crippen LogP contribution >= 0.6 is 0 Å². The highest BCUT2D eigenvalue weighted by Gasteiger charge is 2.30. The van der Waals surface area contributed by atoms with Crippen LogP contribution in [-0.4, -0.2) is 18.9 Å². The van der Waals surface area contributed by atoms with Gasteiger partial charge in [-0.25, -0.2) is 0 Å². The molecule has 2 amide bonds. The van der Waals surface area contributed by atoms with E-state index in [2.05, 4.69) is 10.6 Å². The van der Waals surface area contributed by atoms with E-state index in [0.29, 0.717) is 16.8 Å². The quantitative estimate of drug-likeness (QED) is 0.807. The number of hydrogen-bond donors (Lipinski definition) is 2. The van der Waals surface area contributed by atoms with E-state index in [1.807, 2.05) is 0 Å². The fourth-order valence-corrected chi connectivity index (χ4v) is 2.25. The first-order chi connectivity index (χ1) is 12.2. The maximum atomic E-state index is 12.7. The van der Waals surface area contributed by atoms with E-state index in [1.165, 1.54) is 25.3 Å². The third-order valence-corrected chi connectivity index (χ3v) is 3.61. The molecule has 0 fully saturated rings. The summed E-state index contributed by atoms with van der Waals surface area (Å²) in [5.74, 6) is -0.728. The first-order valence-electron chi connectivity index (χ1n) is 7.70. The van der Waals surface area contributed by atoms with Gasteiger partial charge in [-0.15, -0.1) is 0 Å². The second kappa shape index (κ2) is 7.86. The van der Waals surface area contributed by atoms with Gasteiger partial charge in [-0.05, 0) is 54.5 Å². The molecule has 0 aromatic heterocycles. The molecule has 0 radical (unpaired) electrons. The van der Waals surface area contributed by atoms with Gasteiger partial charge in [-0.2, -0.15) is 13.2 Å². The first-order valence-corrected chi connectivity index (χ1v) is 7.70. The summed E-state index contributed by atoms with van der Waals surface area (Å²) in [6.07, 6.45) is -1.98. The molecular weight excluding hydrogens is 345 g/mol. The standard InChI is InChI=1S/C19H17F3N2O2/c1-12-10-14(18(26)23-2)7-8-16(12)24-17(25)9-6-13-4-3-5-15(11-13)19(20,21)22/h3-11H,1-2H3,(H,23,26)(H,24,25). The Morgan fingerprint density at radius 1 is 1.08 bits per heavy atom. The smallest absolute Gasteiger partial charge is 0.355 e. The Hall–Kier alpha value is -3.09. The third-order valence-electron chi connectivity index (χ3n) is 3.61. The monoisotopic (exact) mass is 362 g/mol. The van der Waals surface area contributed by atoms with Crippen molar-refractivity contribution >= 4 is 23.6 Å². The topological polar surface area (TPSA) is 58.2 Å². The van der Waals surface area contributed by atoms with Crippen LogP contribution < -0.4 is 10.6 Å². The second-order valence-corrected chi connectivity index (χ2v) is 5.55. The number of aryl methyl sites for hydroxylation is 1. The van der Waals surface area contributed by atoms with Crippen LogP contribution in [0.5, 0.6) is 0 Å². The van der Waals surface area contributed by atoms with Gasteiger partial charge in [0.1, 0.15) is 0 Å². The number of carbonyl (C=O) groups excluding carboxylic acids is 2. The molecule has 2 rings (SSSR count). The predicted octanol–water partition coefficient (Wildman–Crippen LogP) is 4.03. The van der Waals surface area contributed by atoms with Gasteiger partial charge < -0.3 is 10.6 Å². The van der Waals surface area contributed by atoms with Gasteiger partial charge in [-0.1, -0.05) is 12.1 Å². The van der Waals surface area contributed by atoms with Crippen molar-refractivity contribution in [1.82, 2.24) is 5.32 Å². The van der Waals surface area contributed by atoms with E-state index in [-0.39, 0.29) is 11.5 Å². The molecule has 0 aliphatic heterocycles. The van der Waals surface area contributed by atoms with Crippen LogP contribution in [-0.2, 0) is 11.0 Å². The summed E-state index contributed by atoms with van der Waals surface area (Å²) >= 11 is 0. The van der Waals surface area contributed by atoms with Crippen molar-refractivity contribution in [3.63, 3.8) is 0 Å². The largest absolute Gasteiger partial charge is 0.416 e. The molecule has 2 aromatic carbocycles. The van der Waals surface area contributed by atoms with Crippen LogP contribution in [0.3, 0.4) is 0 Å². The van der Waals surface area contributed by atoms with E-state index in [4.69, 9.17) is 0 Å². The highest BCUT2D eigenvalue weighted by Crippen LogP contribution is 2.29. The van der Waals surface area contributed by atoms with Crippen LogP contribution in [0.15, 0.2) is 48.5 Å². The van der Waals surface area contributed by atoms with E-state index >= 15 is 0 Å². The highest BCUT2D eigenvalue weighted by atomic mass is 19.4. The lowest BCUT2D eigenvalue weighted by Crippen LogP contribution is -2.18. The van der Waals surface area contributed by atoms with Crippen LogP contribution in [0.1, 0.15) is 27.0 Å². The van der Waals surface area contributed by atoms with Crippen molar-refractivity contribution in [2.45, 2.75) is 13.1 Å². The van der Waals surface area contributed by atoms with E-state index in [9.17, 15) is 22.8 Å². The minimum Gasteiger partial charge on any atom is -0.355 e. The Kier molecular flexibility index (Phi) is 5.82. The van der Waals surface area contributed by atoms with Gasteiger partial charge in [0.15, 0.2) is 0 Å². The SMILES string of the molecule is CNC(=O)c1ccc(NC(=O)C=Cc2cccc(C(F)(F)F)c2)c(C)c1. The van der Waals surface area contributed by atoms with E-state index < -0.39 is 17.6 Å². The molecule has 0 saturated heterocycles. The van der Waals surface area contributed by atoms with Crippen LogP contribution in [0.2, 0.25) is 0 Å². The van der Waals surface area contributed by atoms with Crippen molar-refractivity contribution in [3.8, 4) is 0 Å². The van der Waals surface area contributed by atoms with E-state index in [1.54, 1.807) is 25.1 Å². The number of hydrogen-bond acceptors (Lipinski definition) is 2. The lowest BCUT2D eigenvalue weighted by atomic mass is 10.1. The van der Waals surface area contributed by atoms with E-state index in [0.717, 1.165) is 18.2 Å². The summed E-state index contributed by atoms with van der Waals surface area (Å²) < 4.78 is 38.0. The number of carbonyl (C=O) groups is 2. The van der Waals surface area contributed by atoms with Crippen molar-refractivity contribution in [2.75, 3.05) is 12.4 Å². The third kappa shape index (κ3) is 4.95. The van der Waals surface area contributed by atoms with Crippen molar-refractivity contribution in [2.24, 2.45) is 0 Å². The van der Waals surface area contributed by atoms with Crippen LogP contribution in [0.25, 0.3) is 6.08 Å². The molecule has 0 heterocycles. The Labute approximate surface area is 148 Å². The Morgan fingerprint density at radius 3 is 2.42 bits per heavy atom. The molecule has 0 saturated carbocycles. The van der Waals surface area contributed by atoms with Gasteiger partial charge in [-0.3, -0.25) is 9.59 Å². The summed E-state index contributed by atoms with van der Waals surface area (Å²) in [6, 6.07) is 9.48. The van der Waals surface area contributed by atoms with Crippen LogP contribution in [0, 0.1) is 6.92 Å². The number of amides is 2. The molecule has 0 bridgehead atoms. The zero-order chi connectivity index (χ0) is 19.3. The van der Waals surface area contributed by atoms with Crippen molar-refractivity contribution in [3.05, 3.63) is 70.8 Å². The molecule has 2 aromatic rings. The summed E-state index contributed by atoms with van der Waals surface area (Å²) in [5, 5.41) is 5.13. The molecular formula is C19H17F3N2O2.